The van der Waals surface area contributed by atoms with Gasteiger partial charge in [0.1, 0.15) is 11.6 Å². The predicted molar refractivity (Wildman–Crippen MR) is 207 cm³/mol. The highest BCUT2D eigenvalue weighted by molar-refractivity contribution is 8.13. The lowest BCUT2D eigenvalue weighted by atomic mass is 9.86. The zero-order valence-corrected chi connectivity index (χ0v) is 34.8. The van der Waals surface area contributed by atoms with Crippen molar-refractivity contribution < 1.29 is 34.4 Å². The smallest absolute Gasteiger partial charge is 0.261 e. The van der Waals surface area contributed by atoms with Gasteiger partial charge < -0.3 is 9.13 Å². The van der Waals surface area contributed by atoms with E-state index in [0.717, 1.165) is 29.1 Å². The van der Waals surface area contributed by atoms with E-state index in [0.29, 0.717) is 62.9 Å². The molecule has 3 heterocycles. The monoisotopic (exact) mass is 829 g/mol. The van der Waals surface area contributed by atoms with Crippen molar-refractivity contribution in [2.24, 2.45) is 11.8 Å². The van der Waals surface area contributed by atoms with Crippen LogP contribution in [-0.4, -0.2) is 65.2 Å². The fourth-order valence-corrected chi connectivity index (χ4v) is 10.1. The van der Waals surface area contributed by atoms with Gasteiger partial charge in [-0.1, -0.05) is 41.5 Å². The molecule has 0 radical (unpaired) electrons. The maximum Gasteiger partial charge on any atom is 0.261 e. The highest BCUT2D eigenvalue weighted by Crippen LogP contribution is 2.40. The highest BCUT2D eigenvalue weighted by Gasteiger charge is 2.37. The lowest BCUT2D eigenvalue weighted by Crippen LogP contribution is -2.41. The Hall–Kier alpha value is -2.75. The first kappa shape index (κ1) is 41.9. The molecule has 1 saturated heterocycles. The Bertz CT molecular complexity index is 2250. The molecule has 0 atom stereocenters. The zero-order valence-electron chi connectivity index (χ0n) is 32.4. The number of nitrogens with zero attached hydrogens (tertiary/aromatic N) is 5. The van der Waals surface area contributed by atoms with Gasteiger partial charge in [-0.3, -0.25) is 0 Å². The van der Waals surface area contributed by atoms with E-state index in [1.165, 1.54) is 16.4 Å². The summed E-state index contributed by atoms with van der Waals surface area (Å²) in [5, 5.41) is 0. The Morgan fingerprint density at radius 2 is 1.05 bits per heavy atom. The summed E-state index contributed by atoms with van der Waals surface area (Å²) >= 11 is 0. The normalized spacial score (nSPS) is 20.3. The van der Waals surface area contributed by atoms with Crippen LogP contribution in [0.25, 0.3) is 22.1 Å². The minimum atomic E-state index is -3.83. The predicted octanol–water partition coefficient (Wildman–Crippen LogP) is 9.64. The second-order valence-electron chi connectivity index (χ2n) is 17.7. The summed E-state index contributed by atoms with van der Waals surface area (Å²) < 4.78 is 108. The number of alkyl halides is 4. The molecule has 0 N–H and O–H groups in total. The fraction of sp³-hybridized carbons (Fsp3) is 0.641. The number of fused-ring (bicyclic) bond motifs is 2. The van der Waals surface area contributed by atoms with Crippen LogP contribution in [0.1, 0.15) is 111 Å². The lowest BCUT2D eigenvalue weighted by molar-refractivity contribution is -0.0478. The Morgan fingerprint density at radius 1 is 0.673 bits per heavy atom. The standard InChI is InChI=1S/C21H29F2N3O2S.C18H23ClF2N2O2S/c1-20(2,3)19-24-17-13-16(29(27,28)25-11-4-12-25)5-6-18(17)26(19)14-15-7-9-21(22,23)10-8-15;1-17(2,3)16-22-14-10-13(26(19,24)25)4-5-15(14)23(16)11-12-6-8-18(20,21)9-7-12/h5-6,13,15H,4,7-12,14H2,1-3H3;4-5,10,12H,6-9,11H2,1-3H3. The largest absolute Gasteiger partial charge is 0.327 e. The summed E-state index contributed by atoms with van der Waals surface area (Å²) in [6.07, 6.45) is 2.56. The van der Waals surface area contributed by atoms with Crippen LogP contribution < -0.4 is 0 Å². The van der Waals surface area contributed by atoms with Crippen LogP contribution in [0.4, 0.5) is 17.6 Å². The molecule has 16 heteroatoms. The van der Waals surface area contributed by atoms with Crippen molar-refractivity contribution in [3.8, 4) is 0 Å². The van der Waals surface area contributed by atoms with Gasteiger partial charge in [0, 0.05) is 73.4 Å². The van der Waals surface area contributed by atoms with E-state index in [1.54, 1.807) is 18.2 Å². The van der Waals surface area contributed by atoms with Crippen molar-refractivity contribution in [1.82, 2.24) is 23.4 Å². The molecule has 0 amide bonds. The Kier molecular flexibility index (Phi) is 11.3. The minimum absolute atomic E-state index is 0.00841. The van der Waals surface area contributed by atoms with Crippen molar-refractivity contribution >= 4 is 51.8 Å². The van der Waals surface area contributed by atoms with Gasteiger partial charge in [0.05, 0.1) is 31.9 Å². The van der Waals surface area contributed by atoms with Crippen molar-refractivity contribution in [2.45, 2.75) is 145 Å². The fourth-order valence-electron chi connectivity index (χ4n) is 7.80. The van der Waals surface area contributed by atoms with Crippen molar-refractivity contribution in [1.29, 1.82) is 0 Å². The molecule has 304 valence electrons. The van der Waals surface area contributed by atoms with Crippen molar-refractivity contribution in [3.05, 3.63) is 48.0 Å². The first-order chi connectivity index (χ1) is 25.3. The second-order valence-corrected chi connectivity index (χ2v) is 22.2. The molecular formula is C39H52ClF4N5O4S2. The number of aromatic nitrogens is 4. The molecule has 2 saturated carbocycles. The van der Waals surface area contributed by atoms with Gasteiger partial charge in [-0.25, -0.2) is 44.4 Å². The van der Waals surface area contributed by atoms with E-state index in [9.17, 15) is 34.4 Å². The number of sulfonamides is 1. The number of benzene rings is 2. The van der Waals surface area contributed by atoms with Gasteiger partial charge in [0.2, 0.25) is 21.9 Å². The van der Waals surface area contributed by atoms with Crippen LogP contribution in [0.15, 0.2) is 46.2 Å². The second kappa shape index (κ2) is 14.9. The first-order valence-corrected chi connectivity index (χ1v) is 22.8. The molecule has 0 bridgehead atoms. The van der Waals surface area contributed by atoms with Gasteiger partial charge in [-0.15, -0.1) is 0 Å². The summed E-state index contributed by atoms with van der Waals surface area (Å²) in [4.78, 5) is 9.71. The minimum Gasteiger partial charge on any atom is -0.327 e. The number of hydrogen-bond acceptors (Lipinski definition) is 6. The molecule has 3 aliphatic rings. The number of halogens is 5. The van der Waals surface area contributed by atoms with Crippen LogP contribution in [0.2, 0.25) is 0 Å². The van der Waals surface area contributed by atoms with Gasteiger partial charge in [0.25, 0.3) is 9.05 Å². The maximum atomic E-state index is 13.6. The molecule has 0 spiro atoms. The third kappa shape index (κ3) is 9.36. The summed E-state index contributed by atoms with van der Waals surface area (Å²) in [7, 11) is -1.86. The molecular weight excluding hydrogens is 778 g/mol. The first-order valence-electron chi connectivity index (χ1n) is 19.1. The Morgan fingerprint density at radius 3 is 1.40 bits per heavy atom. The third-order valence-electron chi connectivity index (χ3n) is 11.1. The Labute approximate surface area is 326 Å². The van der Waals surface area contributed by atoms with Gasteiger partial charge in [-0.2, -0.15) is 4.31 Å². The average molecular weight is 830 g/mol. The summed E-state index contributed by atoms with van der Waals surface area (Å²) in [6.45, 7) is 14.6. The van der Waals surface area contributed by atoms with E-state index < -0.39 is 30.9 Å². The molecule has 2 aliphatic carbocycles. The molecule has 7 rings (SSSR count). The summed E-state index contributed by atoms with van der Waals surface area (Å²) in [5.74, 6) is -3.08. The van der Waals surface area contributed by atoms with Crippen LogP contribution in [0.5, 0.6) is 0 Å². The maximum absolute atomic E-state index is 13.6. The molecule has 9 nitrogen and oxygen atoms in total. The summed E-state index contributed by atoms with van der Waals surface area (Å²) in [6, 6.07) is 9.76. The van der Waals surface area contributed by atoms with Crippen LogP contribution in [0.3, 0.4) is 0 Å². The van der Waals surface area contributed by atoms with Crippen LogP contribution >= 0.6 is 10.7 Å². The number of hydrogen-bond donors (Lipinski definition) is 0. The van der Waals surface area contributed by atoms with E-state index in [4.69, 9.17) is 15.7 Å². The molecule has 3 fully saturated rings. The third-order valence-corrected chi connectivity index (χ3v) is 14.3. The zero-order chi connectivity index (χ0) is 40.4. The van der Waals surface area contributed by atoms with Crippen LogP contribution in [0, 0.1) is 11.8 Å². The molecule has 0 unspecified atom stereocenters. The summed E-state index contributed by atoms with van der Waals surface area (Å²) in [5.41, 5.74) is 2.37. The van der Waals surface area contributed by atoms with Crippen molar-refractivity contribution in [2.75, 3.05) is 13.1 Å². The molecule has 55 heavy (non-hydrogen) atoms. The topological polar surface area (TPSA) is 107 Å². The van der Waals surface area contributed by atoms with Crippen molar-refractivity contribution in [3.63, 3.8) is 0 Å². The van der Waals surface area contributed by atoms with E-state index >= 15 is 0 Å². The SMILES string of the molecule is CC(C)(C)c1nc2cc(S(=O)(=O)Cl)ccc2n1CC1CCC(F)(F)CC1.CC(C)(C)c1nc2cc(S(=O)(=O)N3CCC3)ccc2n1CC1CCC(F)(F)CC1. The number of imidazole rings is 2. The molecule has 1 aliphatic heterocycles. The van der Waals surface area contributed by atoms with E-state index in [2.05, 4.69) is 30.3 Å². The lowest BCUT2D eigenvalue weighted by Gasteiger charge is -2.30. The average Bonchev–Trinajstić information content (AvgIpc) is 3.60. The quantitative estimate of drug-likeness (QED) is 0.136. The van der Waals surface area contributed by atoms with E-state index in [1.807, 2.05) is 31.4 Å². The van der Waals surface area contributed by atoms with E-state index in [-0.39, 0.29) is 58.1 Å². The van der Waals surface area contributed by atoms with Gasteiger partial charge in [-0.05, 0) is 80.3 Å². The molecule has 2 aromatic carbocycles. The molecule has 2 aromatic heterocycles. The number of rotatable bonds is 7. The van der Waals surface area contributed by atoms with Crippen LogP contribution in [-0.2, 0) is 43.0 Å². The molecule has 4 aromatic rings. The highest BCUT2D eigenvalue weighted by atomic mass is 35.7. The van der Waals surface area contributed by atoms with Gasteiger partial charge >= 0.3 is 0 Å². The van der Waals surface area contributed by atoms with Gasteiger partial charge in [0.15, 0.2) is 0 Å². The Balaban J connectivity index is 0.000000188.